The van der Waals surface area contributed by atoms with Crippen molar-refractivity contribution in [1.82, 2.24) is 0 Å². The molecule has 0 bridgehead atoms. The molecule has 0 radical (unpaired) electrons. The highest BCUT2D eigenvalue weighted by atomic mass is 16.1. The summed E-state index contributed by atoms with van der Waals surface area (Å²) in [6.45, 7) is 8.47. The van der Waals surface area contributed by atoms with E-state index in [-0.39, 0.29) is 17.4 Å². The van der Waals surface area contributed by atoms with E-state index in [0.29, 0.717) is 6.42 Å². The first kappa shape index (κ1) is 12.0. The molecular weight excluding hydrogens is 212 g/mol. The largest absolute Gasteiger partial charge is 0.380 e. The third kappa shape index (κ3) is 2.43. The number of carbonyl (C=O) groups excluding carboxylic acids is 1. The summed E-state index contributed by atoms with van der Waals surface area (Å²) in [4.78, 5) is 11.9. The summed E-state index contributed by atoms with van der Waals surface area (Å²) < 4.78 is 0. The number of carbonyl (C=O) groups is 1. The molecule has 92 valence electrons. The molecule has 1 amide bonds. The monoisotopic (exact) mass is 232 g/mol. The van der Waals surface area contributed by atoms with Crippen molar-refractivity contribution >= 4 is 17.3 Å². The molecule has 0 saturated carbocycles. The molecule has 0 fully saturated rings. The van der Waals surface area contributed by atoms with E-state index >= 15 is 0 Å². The normalized spacial score (nSPS) is 20.0. The number of benzene rings is 1. The van der Waals surface area contributed by atoms with Gasteiger partial charge in [0.25, 0.3) is 0 Å². The lowest BCUT2D eigenvalue weighted by Crippen LogP contribution is -2.35. The van der Waals surface area contributed by atoms with Gasteiger partial charge in [-0.3, -0.25) is 4.79 Å². The SMILES string of the molecule is Cc1cccc2c1NC(=O)CC(C(C)(C)C)N2. The number of rotatable bonds is 0. The highest BCUT2D eigenvalue weighted by Gasteiger charge is 2.30. The van der Waals surface area contributed by atoms with E-state index in [2.05, 4.69) is 31.4 Å². The molecule has 0 aromatic heterocycles. The van der Waals surface area contributed by atoms with Gasteiger partial charge in [0.05, 0.1) is 11.4 Å². The van der Waals surface area contributed by atoms with E-state index in [4.69, 9.17) is 0 Å². The van der Waals surface area contributed by atoms with Gasteiger partial charge in [0.1, 0.15) is 0 Å². The second kappa shape index (κ2) is 4.06. The van der Waals surface area contributed by atoms with Crippen molar-refractivity contribution in [3.05, 3.63) is 23.8 Å². The minimum absolute atomic E-state index is 0.0582. The summed E-state index contributed by atoms with van der Waals surface area (Å²) >= 11 is 0. The molecule has 0 saturated heterocycles. The van der Waals surface area contributed by atoms with Gasteiger partial charge in [0.2, 0.25) is 5.91 Å². The summed E-state index contributed by atoms with van der Waals surface area (Å²) in [5.41, 5.74) is 3.10. The van der Waals surface area contributed by atoms with Crippen LogP contribution in [-0.2, 0) is 4.79 Å². The zero-order valence-electron chi connectivity index (χ0n) is 10.9. The number of aryl methyl sites for hydroxylation is 1. The molecule has 3 heteroatoms. The van der Waals surface area contributed by atoms with Crippen LogP contribution in [0, 0.1) is 12.3 Å². The Morgan fingerprint density at radius 3 is 2.65 bits per heavy atom. The van der Waals surface area contributed by atoms with Crippen LogP contribution >= 0.6 is 0 Å². The predicted octanol–water partition coefficient (Wildman–Crippen LogP) is 3.16. The molecule has 1 aromatic rings. The molecule has 0 aliphatic carbocycles. The summed E-state index contributed by atoms with van der Waals surface area (Å²) in [6.07, 6.45) is 0.512. The zero-order valence-corrected chi connectivity index (χ0v) is 10.9. The molecule has 0 spiro atoms. The minimum atomic E-state index is 0.0582. The smallest absolute Gasteiger partial charge is 0.226 e. The molecule has 1 aromatic carbocycles. The number of amides is 1. The zero-order chi connectivity index (χ0) is 12.6. The van der Waals surface area contributed by atoms with Crippen molar-refractivity contribution in [2.75, 3.05) is 10.6 Å². The maximum Gasteiger partial charge on any atom is 0.226 e. The van der Waals surface area contributed by atoms with Gasteiger partial charge in [-0.05, 0) is 24.0 Å². The number of hydrogen-bond donors (Lipinski definition) is 2. The van der Waals surface area contributed by atoms with Crippen molar-refractivity contribution in [2.24, 2.45) is 5.41 Å². The topological polar surface area (TPSA) is 41.1 Å². The van der Waals surface area contributed by atoms with E-state index in [9.17, 15) is 4.79 Å². The van der Waals surface area contributed by atoms with E-state index < -0.39 is 0 Å². The fourth-order valence-corrected chi connectivity index (χ4v) is 2.09. The average Bonchev–Trinajstić information content (AvgIpc) is 2.37. The van der Waals surface area contributed by atoms with Gasteiger partial charge in [-0.15, -0.1) is 0 Å². The summed E-state index contributed by atoms with van der Waals surface area (Å²) in [5, 5.41) is 6.48. The Balaban J connectivity index is 2.41. The van der Waals surface area contributed by atoms with Crippen molar-refractivity contribution in [2.45, 2.75) is 40.2 Å². The Morgan fingerprint density at radius 2 is 2.00 bits per heavy atom. The molecule has 3 nitrogen and oxygen atoms in total. The molecule has 1 atom stereocenters. The second-order valence-corrected chi connectivity index (χ2v) is 5.81. The van der Waals surface area contributed by atoms with Crippen molar-refractivity contribution in [1.29, 1.82) is 0 Å². The van der Waals surface area contributed by atoms with E-state index in [1.54, 1.807) is 0 Å². The van der Waals surface area contributed by atoms with Crippen LogP contribution in [0.25, 0.3) is 0 Å². The Kier molecular flexibility index (Phi) is 2.86. The first-order chi connectivity index (χ1) is 7.88. The lowest BCUT2D eigenvalue weighted by atomic mass is 9.84. The molecular formula is C14H20N2O. The molecule has 17 heavy (non-hydrogen) atoms. The molecule has 1 aliphatic rings. The van der Waals surface area contributed by atoms with Crippen molar-refractivity contribution < 1.29 is 4.79 Å². The van der Waals surface area contributed by atoms with Gasteiger partial charge in [0.15, 0.2) is 0 Å². The van der Waals surface area contributed by atoms with Crippen LogP contribution in [0.3, 0.4) is 0 Å². The van der Waals surface area contributed by atoms with Crippen molar-refractivity contribution in [3.8, 4) is 0 Å². The van der Waals surface area contributed by atoms with Crippen LogP contribution in [0.5, 0.6) is 0 Å². The number of anilines is 2. The van der Waals surface area contributed by atoms with Gasteiger partial charge < -0.3 is 10.6 Å². The van der Waals surface area contributed by atoms with E-state index in [0.717, 1.165) is 16.9 Å². The van der Waals surface area contributed by atoms with Crippen LogP contribution in [0.4, 0.5) is 11.4 Å². The second-order valence-electron chi connectivity index (χ2n) is 5.81. The maximum atomic E-state index is 11.9. The summed E-state index contributed by atoms with van der Waals surface area (Å²) in [5.74, 6) is 0.0884. The molecule has 1 heterocycles. The molecule has 2 N–H and O–H groups in total. The highest BCUT2D eigenvalue weighted by Crippen LogP contribution is 2.34. The van der Waals surface area contributed by atoms with Crippen LogP contribution in [0.15, 0.2) is 18.2 Å². The minimum Gasteiger partial charge on any atom is -0.380 e. The average molecular weight is 232 g/mol. The lowest BCUT2D eigenvalue weighted by Gasteiger charge is -2.30. The Hall–Kier alpha value is -1.51. The van der Waals surface area contributed by atoms with Crippen LogP contribution < -0.4 is 10.6 Å². The maximum absolute atomic E-state index is 11.9. The van der Waals surface area contributed by atoms with E-state index in [1.807, 2.05) is 25.1 Å². The number of para-hydroxylation sites is 1. The van der Waals surface area contributed by atoms with E-state index in [1.165, 1.54) is 0 Å². The lowest BCUT2D eigenvalue weighted by molar-refractivity contribution is -0.116. The standard InChI is InChI=1S/C14H20N2O/c1-9-6-5-7-10-13(9)16-12(17)8-11(15-10)14(2,3)4/h5-7,11,15H,8H2,1-4H3,(H,16,17). The number of hydrogen-bond acceptors (Lipinski definition) is 2. The predicted molar refractivity (Wildman–Crippen MR) is 71.3 cm³/mol. The Bertz CT molecular complexity index is 446. The van der Waals surface area contributed by atoms with Gasteiger partial charge >= 0.3 is 0 Å². The van der Waals surface area contributed by atoms with Crippen LogP contribution in [0.2, 0.25) is 0 Å². The molecule has 1 aliphatic heterocycles. The van der Waals surface area contributed by atoms with Crippen molar-refractivity contribution in [3.63, 3.8) is 0 Å². The summed E-state index contributed by atoms with van der Waals surface area (Å²) in [7, 11) is 0. The number of nitrogens with one attached hydrogen (secondary N) is 2. The first-order valence-corrected chi connectivity index (χ1v) is 6.04. The summed E-state index contributed by atoms with van der Waals surface area (Å²) in [6, 6.07) is 6.20. The number of fused-ring (bicyclic) bond motifs is 1. The highest BCUT2D eigenvalue weighted by molar-refractivity contribution is 5.97. The van der Waals surface area contributed by atoms with Gasteiger partial charge in [0, 0.05) is 12.5 Å². The fourth-order valence-electron chi connectivity index (χ4n) is 2.09. The van der Waals surface area contributed by atoms with Crippen LogP contribution in [-0.4, -0.2) is 11.9 Å². The quantitative estimate of drug-likeness (QED) is 0.721. The first-order valence-electron chi connectivity index (χ1n) is 6.04. The van der Waals surface area contributed by atoms with Gasteiger partial charge in [-0.25, -0.2) is 0 Å². The van der Waals surface area contributed by atoms with Crippen LogP contribution in [0.1, 0.15) is 32.8 Å². The molecule has 2 rings (SSSR count). The molecule has 1 unspecified atom stereocenters. The Morgan fingerprint density at radius 1 is 1.29 bits per heavy atom. The third-order valence-electron chi connectivity index (χ3n) is 3.30. The van der Waals surface area contributed by atoms with Gasteiger partial charge in [-0.1, -0.05) is 32.9 Å². The fraction of sp³-hybridized carbons (Fsp3) is 0.500. The third-order valence-corrected chi connectivity index (χ3v) is 3.30. The van der Waals surface area contributed by atoms with Gasteiger partial charge in [-0.2, -0.15) is 0 Å². The Labute approximate surface area is 103 Å².